The maximum Gasteiger partial charge on any atom is 0.239 e. The van der Waals surface area contributed by atoms with E-state index in [9.17, 15) is 4.79 Å². The third-order valence-corrected chi connectivity index (χ3v) is 5.13. The maximum atomic E-state index is 12.2. The van der Waals surface area contributed by atoms with Crippen LogP contribution in [0.1, 0.15) is 17.5 Å². The van der Waals surface area contributed by atoms with Crippen LogP contribution < -0.4 is 5.32 Å². The van der Waals surface area contributed by atoms with E-state index in [1.54, 1.807) is 12.1 Å². The van der Waals surface area contributed by atoms with Crippen LogP contribution in [0.4, 0.5) is 5.82 Å². The van der Waals surface area contributed by atoms with Crippen LogP contribution in [0, 0.1) is 6.92 Å². The molecule has 1 aromatic carbocycles. The summed E-state index contributed by atoms with van der Waals surface area (Å²) in [7, 11) is 0. The molecular formula is C22H22ClN5O. The summed E-state index contributed by atoms with van der Waals surface area (Å²) >= 11 is 5.81. The van der Waals surface area contributed by atoms with E-state index >= 15 is 0 Å². The molecule has 7 heteroatoms. The van der Waals surface area contributed by atoms with Gasteiger partial charge in [0.05, 0.1) is 23.5 Å². The van der Waals surface area contributed by atoms with Crippen LogP contribution in [0.2, 0.25) is 5.02 Å². The van der Waals surface area contributed by atoms with Crippen molar-refractivity contribution in [3.8, 4) is 5.69 Å². The number of pyridine rings is 1. The van der Waals surface area contributed by atoms with E-state index in [2.05, 4.69) is 63.8 Å². The quantitative estimate of drug-likeness (QED) is 0.695. The minimum Gasteiger partial charge on any atom is -0.310 e. The fourth-order valence-corrected chi connectivity index (χ4v) is 3.39. The molecule has 0 saturated heterocycles. The number of hydrogen-bond acceptors (Lipinski definition) is 4. The number of halogens is 1. The first-order valence-corrected chi connectivity index (χ1v) is 9.89. The highest BCUT2D eigenvalue weighted by Crippen LogP contribution is 2.23. The van der Waals surface area contributed by atoms with Crippen LogP contribution >= 0.6 is 11.6 Å². The molecule has 6 nitrogen and oxygen atoms in total. The summed E-state index contributed by atoms with van der Waals surface area (Å²) in [4.78, 5) is 18.4. The third kappa shape index (κ3) is 4.91. The summed E-state index contributed by atoms with van der Waals surface area (Å²) in [5, 5.41) is 7.84. The number of amides is 1. The zero-order chi connectivity index (χ0) is 20.2. The topological polar surface area (TPSA) is 63.1 Å². The average molecular weight is 408 g/mol. The molecule has 1 N–H and O–H groups in total. The van der Waals surface area contributed by atoms with Gasteiger partial charge >= 0.3 is 0 Å². The molecule has 0 aliphatic carbocycles. The number of carbonyl (C=O) groups excluding carboxylic acids is 1. The summed E-state index contributed by atoms with van der Waals surface area (Å²) in [6.07, 6.45) is 8.54. The Balaban J connectivity index is 1.34. The van der Waals surface area contributed by atoms with Gasteiger partial charge < -0.3 is 5.32 Å². The molecule has 0 atom stereocenters. The highest BCUT2D eigenvalue weighted by molar-refractivity contribution is 6.30. The van der Waals surface area contributed by atoms with Crippen molar-refractivity contribution < 1.29 is 4.79 Å². The Morgan fingerprint density at radius 1 is 1.17 bits per heavy atom. The normalized spacial score (nSPS) is 14.5. The average Bonchev–Trinajstić information content (AvgIpc) is 3.21. The van der Waals surface area contributed by atoms with Gasteiger partial charge in [0, 0.05) is 31.0 Å². The van der Waals surface area contributed by atoms with E-state index in [0.717, 1.165) is 30.8 Å². The van der Waals surface area contributed by atoms with Gasteiger partial charge in [-0.3, -0.25) is 9.69 Å². The molecule has 4 rings (SSSR count). The fourth-order valence-electron chi connectivity index (χ4n) is 3.28. The second-order valence-corrected chi connectivity index (χ2v) is 7.57. The molecule has 3 heterocycles. The standard InChI is InChI=1S/C22H22ClN5O/c1-16-2-5-20(6-3-16)28-14-18(12-25-28)17-8-10-27(11-9-17)15-22(29)26-21-7-4-19(23)13-24-21/h2-8,12-14H,9-11,15H2,1H3,(H,24,26,29). The summed E-state index contributed by atoms with van der Waals surface area (Å²) in [5.41, 5.74) is 4.67. The molecule has 0 radical (unpaired) electrons. The van der Waals surface area contributed by atoms with Crippen molar-refractivity contribution in [3.63, 3.8) is 0 Å². The number of nitrogens with one attached hydrogen (secondary N) is 1. The number of aromatic nitrogens is 3. The Labute approximate surface area is 174 Å². The van der Waals surface area contributed by atoms with Crippen LogP contribution in [0.25, 0.3) is 11.3 Å². The molecule has 0 bridgehead atoms. The minimum absolute atomic E-state index is 0.0798. The van der Waals surface area contributed by atoms with E-state index in [1.165, 1.54) is 17.3 Å². The Morgan fingerprint density at radius 3 is 2.69 bits per heavy atom. The molecule has 29 heavy (non-hydrogen) atoms. The van der Waals surface area contributed by atoms with E-state index in [1.807, 2.05) is 10.9 Å². The van der Waals surface area contributed by atoms with Crippen molar-refractivity contribution in [2.75, 3.05) is 25.0 Å². The lowest BCUT2D eigenvalue weighted by Gasteiger charge is -2.25. The smallest absolute Gasteiger partial charge is 0.239 e. The molecule has 1 aliphatic heterocycles. The Morgan fingerprint density at radius 2 is 2.00 bits per heavy atom. The van der Waals surface area contributed by atoms with Crippen LogP contribution in [0.15, 0.2) is 61.1 Å². The molecule has 0 saturated carbocycles. The van der Waals surface area contributed by atoms with Crippen LogP contribution in [0.5, 0.6) is 0 Å². The number of hydrogen-bond donors (Lipinski definition) is 1. The Bertz CT molecular complexity index is 1020. The van der Waals surface area contributed by atoms with Crippen LogP contribution in [-0.2, 0) is 4.79 Å². The van der Waals surface area contributed by atoms with Crippen LogP contribution in [-0.4, -0.2) is 45.2 Å². The second-order valence-electron chi connectivity index (χ2n) is 7.13. The largest absolute Gasteiger partial charge is 0.310 e. The number of benzene rings is 1. The van der Waals surface area contributed by atoms with Crippen molar-refractivity contribution in [1.82, 2.24) is 19.7 Å². The van der Waals surface area contributed by atoms with Crippen LogP contribution in [0.3, 0.4) is 0 Å². The molecule has 0 spiro atoms. The van der Waals surface area contributed by atoms with E-state index in [-0.39, 0.29) is 5.91 Å². The maximum absolute atomic E-state index is 12.2. The highest BCUT2D eigenvalue weighted by Gasteiger charge is 2.17. The molecule has 148 valence electrons. The Kier molecular flexibility index (Phi) is 5.74. The van der Waals surface area contributed by atoms with Gasteiger partial charge in [-0.05, 0) is 43.2 Å². The first-order valence-electron chi connectivity index (χ1n) is 9.52. The number of aryl methyl sites for hydroxylation is 1. The summed E-state index contributed by atoms with van der Waals surface area (Å²) in [5.74, 6) is 0.431. The van der Waals surface area contributed by atoms with E-state index in [0.29, 0.717) is 17.4 Å². The molecule has 0 fully saturated rings. The predicted molar refractivity (Wildman–Crippen MR) is 115 cm³/mol. The number of carbonyl (C=O) groups is 1. The van der Waals surface area contributed by atoms with Gasteiger partial charge in [0.2, 0.25) is 5.91 Å². The first-order chi connectivity index (χ1) is 14.1. The molecule has 0 unspecified atom stereocenters. The van der Waals surface area contributed by atoms with Crippen molar-refractivity contribution in [2.24, 2.45) is 0 Å². The zero-order valence-electron chi connectivity index (χ0n) is 16.2. The second kappa shape index (κ2) is 8.59. The van der Waals surface area contributed by atoms with Gasteiger partial charge in [0.25, 0.3) is 0 Å². The van der Waals surface area contributed by atoms with Gasteiger partial charge in [0.15, 0.2) is 0 Å². The predicted octanol–water partition coefficient (Wildman–Crippen LogP) is 3.96. The minimum atomic E-state index is -0.0798. The number of rotatable bonds is 5. The lowest BCUT2D eigenvalue weighted by Crippen LogP contribution is -2.36. The molecular weight excluding hydrogens is 386 g/mol. The zero-order valence-corrected chi connectivity index (χ0v) is 16.9. The fraction of sp³-hybridized carbons (Fsp3) is 0.227. The van der Waals surface area contributed by atoms with Gasteiger partial charge in [-0.2, -0.15) is 5.10 Å². The van der Waals surface area contributed by atoms with E-state index < -0.39 is 0 Å². The van der Waals surface area contributed by atoms with Crippen molar-refractivity contribution in [3.05, 3.63) is 77.2 Å². The monoisotopic (exact) mass is 407 g/mol. The number of anilines is 1. The highest BCUT2D eigenvalue weighted by atomic mass is 35.5. The summed E-state index contributed by atoms with van der Waals surface area (Å²) in [6, 6.07) is 11.7. The first kappa shape index (κ1) is 19.4. The third-order valence-electron chi connectivity index (χ3n) is 4.91. The molecule has 1 aliphatic rings. The molecule has 2 aromatic heterocycles. The lowest BCUT2D eigenvalue weighted by molar-refractivity contribution is -0.117. The molecule has 3 aromatic rings. The van der Waals surface area contributed by atoms with E-state index in [4.69, 9.17) is 11.6 Å². The molecule has 1 amide bonds. The van der Waals surface area contributed by atoms with Gasteiger partial charge in [0.1, 0.15) is 5.82 Å². The summed E-state index contributed by atoms with van der Waals surface area (Å²) in [6.45, 7) is 3.95. The van der Waals surface area contributed by atoms with Gasteiger partial charge in [-0.1, -0.05) is 35.4 Å². The van der Waals surface area contributed by atoms with Crippen molar-refractivity contribution in [2.45, 2.75) is 13.3 Å². The SMILES string of the molecule is Cc1ccc(-n2cc(C3=CCN(CC(=O)Nc4ccc(Cl)cn4)CC3)cn2)cc1. The lowest BCUT2D eigenvalue weighted by atomic mass is 10.0. The Hall–Kier alpha value is -2.96. The number of nitrogens with zero attached hydrogens (tertiary/aromatic N) is 4. The van der Waals surface area contributed by atoms with Crippen molar-refractivity contribution >= 4 is 28.9 Å². The van der Waals surface area contributed by atoms with Gasteiger partial charge in [-0.15, -0.1) is 0 Å². The summed E-state index contributed by atoms with van der Waals surface area (Å²) < 4.78 is 1.90. The van der Waals surface area contributed by atoms with Crippen molar-refractivity contribution in [1.29, 1.82) is 0 Å². The van der Waals surface area contributed by atoms with Gasteiger partial charge in [-0.25, -0.2) is 9.67 Å².